The van der Waals surface area contributed by atoms with E-state index in [-0.39, 0.29) is 0 Å². The highest BCUT2D eigenvalue weighted by Crippen LogP contribution is 2.47. The lowest BCUT2D eigenvalue weighted by Gasteiger charge is -2.12. The summed E-state index contributed by atoms with van der Waals surface area (Å²) in [5, 5.41) is 7.19. The molecule has 1 heterocycles. The Labute approximate surface area is 89.5 Å². The second kappa shape index (κ2) is 3.19. The molecule has 1 aliphatic carbocycles. The lowest BCUT2D eigenvalue weighted by Crippen LogP contribution is -2.10. The van der Waals surface area contributed by atoms with Crippen LogP contribution in [0.15, 0.2) is 0 Å². The van der Waals surface area contributed by atoms with Crippen molar-refractivity contribution in [3.8, 4) is 0 Å². The van der Waals surface area contributed by atoms with Gasteiger partial charge in [0.1, 0.15) is 5.82 Å². The number of aromatic amines is 1. The van der Waals surface area contributed by atoms with Crippen LogP contribution < -0.4 is 0 Å². The van der Waals surface area contributed by atoms with Crippen molar-refractivity contribution in [2.45, 2.75) is 46.1 Å². The van der Waals surface area contributed by atoms with Crippen molar-refractivity contribution < 1.29 is 0 Å². The van der Waals surface area contributed by atoms with Crippen molar-refractivity contribution >= 4 is 12.2 Å². The second-order valence-corrected chi connectivity index (χ2v) is 5.28. The fourth-order valence-electron chi connectivity index (χ4n) is 1.77. The molecule has 4 heteroatoms. The van der Waals surface area contributed by atoms with Crippen LogP contribution in [0.1, 0.15) is 45.5 Å². The summed E-state index contributed by atoms with van der Waals surface area (Å²) in [6.45, 7) is 6.60. The maximum Gasteiger partial charge on any atom is 0.195 e. The largest absolute Gasteiger partial charge is 0.302 e. The van der Waals surface area contributed by atoms with E-state index in [9.17, 15) is 0 Å². The molecule has 78 valence electrons. The van der Waals surface area contributed by atoms with Gasteiger partial charge in [-0.1, -0.05) is 6.92 Å². The first kappa shape index (κ1) is 9.90. The van der Waals surface area contributed by atoms with Gasteiger partial charge in [0.2, 0.25) is 0 Å². The first-order valence-corrected chi connectivity index (χ1v) is 5.58. The van der Waals surface area contributed by atoms with Gasteiger partial charge in [-0.3, -0.25) is 5.10 Å². The number of H-pyrrole nitrogens is 1. The summed E-state index contributed by atoms with van der Waals surface area (Å²) in [4.78, 5) is 0. The molecular weight excluding hydrogens is 194 g/mol. The van der Waals surface area contributed by atoms with Gasteiger partial charge in [0.15, 0.2) is 4.77 Å². The summed E-state index contributed by atoms with van der Waals surface area (Å²) in [6, 6.07) is 0.401. The zero-order valence-corrected chi connectivity index (χ0v) is 9.82. The molecule has 14 heavy (non-hydrogen) atoms. The molecule has 0 amide bonds. The van der Waals surface area contributed by atoms with Crippen LogP contribution in [-0.4, -0.2) is 14.8 Å². The minimum atomic E-state index is 0.401. The van der Waals surface area contributed by atoms with Gasteiger partial charge >= 0.3 is 0 Å². The van der Waals surface area contributed by atoms with Crippen molar-refractivity contribution in [1.82, 2.24) is 14.8 Å². The van der Waals surface area contributed by atoms with E-state index < -0.39 is 0 Å². The van der Waals surface area contributed by atoms with E-state index in [2.05, 4.69) is 35.5 Å². The average Bonchev–Trinajstić information content (AvgIpc) is 2.67. The summed E-state index contributed by atoms with van der Waals surface area (Å²) in [6.07, 6.45) is 3.70. The standard InChI is InChI=1S/C10H17N3S/c1-7(2)13-8(11-12-9(13)14)6-10(3)4-5-10/h7H,4-6H2,1-3H3,(H,12,14). The van der Waals surface area contributed by atoms with Gasteiger partial charge < -0.3 is 4.57 Å². The Morgan fingerprint density at radius 3 is 2.71 bits per heavy atom. The van der Waals surface area contributed by atoms with E-state index in [1.54, 1.807) is 0 Å². The van der Waals surface area contributed by atoms with E-state index >= 15 is 0 Å². The molecule has 3 nitrogen and oxygen atoms in total. The average molecular weight is 211 g/mol. The number of rotatable bonds is 3. The molecule has 0 saturated heterocycles. The second-order valence-electron chi connectivity index (χ2n) is 4.90. The van der Waals surface area contributed by atoms with Gasteiger partial charge in [0.05, 0.1) is 0 Å². The van der Waals surface area contributed by atoms with Gasteiger partial charge in [-0.15, -0.1) is 0 Å². The summed E-state index contributed by atoms with van der Waals surface area (Å²) in [5.41, 5.74) is 0.494. The maximum atomic E-state index is 5.20. The van der Waals surface area contributed by atoms with Crippen LogP contribution in [-0.2, 0) is 6.42 Å². The van der Waals surface area contributed by atoms with Crippen LogP contribution in [0, 0.1) is 10.2 Å². The molecule has 1 aliphatic rings. The zero-order chi connectivity index (χ0) is 10.3. The Balaban J connectivity index is 2.29. The number of nitrogens with one attached hydrogen (secondary N) is 1. The smallest absolute Gasteiger partial charge is 0.195 e. The van der Waals surface area contributed by atoms with E-state index in [4.69, 9.17) is 12.2 Å². The molecule has 0 radical (unpaired) electrons. The molecule has 1 N–H and O–H groups in total. The molecule has 0 unspecified atom stereocenters. The lowest BCUT2D eigenvalue weighted by atomic mass is 10.1. The van der Waals surface area contributed by atoms with Crippen molar-refractivity contribution in [2.75, 3.05) is 0 Å². The predicted molar refractivity (Wildman–Crippen MR) is 58.8 cm³/mol. The third-order valence-electron chi connectivity index (χ3n) is 2.98. The molecule has 1 aromatic heterocycles. The number of hydrogen-bond donors (Lipinski definition) is 1. The molecule has 2 rings (SSSR count). The molecule has 0 atom stereocenters. The minimum Gasteiger partial charge on any atom is -0.302 e. The van der Waals surface area contributed by atoms with E-state index in [0.29, 0.717) is 11.5 Å². The third-order valence-corrected chi connectivity index (χ3v) is 3.27. The van der Waals surface area contributed by atoms with Crippen LogP contribution in [0.3, 0.4) is 0 Å². The summed E-state index contributed by atoms with van der Waals surface area (Å²) in [7, 11) is 0. The van der Waals surface area contributed by atoms with Crippen LogP contribution >= 0.6 is 12.2 Å². The van der Waals surface area contributed by atoms with Crippen LogP contribution in [0.5, 0.6) is 0 Å². The van der Waals surface area contributed by atoms with Crippen LogP contribution in [0.2, 0.25) is 0 Å². The van der Waals surface area contributed by atoms with Gasteiger partial charge in [-0.25, -0.2) is 0 Å². The van der Waals surface area contributed by atoms with Gasteiger partial charge in [0, 0.05) is 12.5 Å². The molecule has 1 fully saturated rings. The lowest BCUT2D eigenvalue weighted by molar-refractivity contribution is 0.494. The Morgan fingerprint density at radius 2 is 2.21 bits per heavy atom. The van der Waals surface area contributed by atoms with Crippen LogP contribution in [0.25, 0.3) is 0 Å². The molecule has 0 bridgehead atoms. The Hall–Kier alpha value is -0.640. The Morgan fingerprint density at radius 1 is 1.57 bits per heavy atom. The van der Waals surface area contributed by atoms with E-state index in [1.165, 1.54) is 12.8 Å². The highest BCUT2D eigenvalue weighted by Gasteiger charge is 2.38. The van der Waals surface area contributed by atoms with Crippen molar-refractivity contribution in [2.24, 2.45) is 5.41 Å². The molecular formula is C10H17N3S. The first-order chi connectivity index (χ1) is 6.52. The number of nitrogens with zero attached hydrogens (tertiary/aromatic N) is 2. The minimum absolute atomic E-state index is 0.401. The van der Waals surface area contributed by atoms with E-state index in [0.717, 1.165) is 17.0 Å². The summed E-state index contributed by atoms with van der Waals surface area (Å²) >= 11 is 5.20. The molecule has 0 aliphatic heterocycles. The summed E-state index contributed by atoms with van der Waals surface area (Å²) in [5.74, 6) is 1.12. The van der Waals surface area contributed by atoms with Crippen molar-refractivity contribution in [1.29, 1.82) is 0 Å². The molecule has 1 saturated carbocycles. The molecule has 0 spiro atoms. The fraction of sp³-hybridized carbons (Fsp3) is 0.800. The van der Waals surface area contributed by atoms with Crippen LogP contribution in [0.4, 0.5) is 0 Å². The topological polar surface area (TPSA) is 33.6 Å². The number of aromatic nitrogens is 3. The SMILES string of the molecule is CC(C)n1c(CC2(C)CC2)n[nH]c1=S. The van der Waals surface area contributed by atoms with E-state index in [1.807, 2.05) is 0 Å². The Bertz CT molecular complexity index is 384. The monoisotopic (exact) mass is 211 g/mol. The molecule has 1 aromatic rings. The van der Waals surface area contributed by atoms with Gasteiger partial charge in [-0.05, 0) is 44.3 Å². The molecule has 0 aromatic carbocycles. The number of hydrogen-bond acceptors (Lipinski definition) is 2. The van der Waals surface area contributed by atoms with Gasteiger partial charge in [0.25, 0.3) is 0 Å². The Kier molecular flexibility index (Phi) is 2.26. The quantitative estimate of drug-likeness (QED) is 0.780. The van der Waals surface area contributed by atoms with Crippen molar-refractivity contribution in [3.63, 3.8) is 0 Å². The highest BCUT2D eigenvalue weighted by molar-refractivity contribution is 7.71. The van der Waals surface area contributed by atoms with Crippen molar-refractivity contribution in [3.05, 3.63) is 10.6 Å². The highest BCUT2D eigenvalue weighted by atomic mass is 32.1. The van der Waals surface area contributed by atoms with Gasteiger partial charge in [-0.2, -0.15) is 5.10 Å². The normalized spacial score (nSPS) is 18.9. The fourth-order valence-corrected chi connectivity index (χ4v) is 2.13. The third kappa shape index (κ3) is 1.75. The summed E-state index contributed by atoms with van der Waals surface area (Å²) < 4.78 is 2.87. The first-order valence-electron chi connectivity index (χ1n) is 5.18. The predicted octanol–water partition coefficient (Wildman–Crippen LogP) is 2.86. The maximum absolute atomic E-state index is 5.20. The zero-order valence-electron chi connectivity index (χ0n) is 9.00.